The summed E-state index contributed by atoms with van der Waals surface area (Å²) in [6, 6.07) is 0. The van der Waals surface area contributed by atoms with Crippen LogP contribution < -0.4 is 0 Å². The van der Waals surface area contributed by atoms with Crippen LogP contribution in [0.25, 0.3) is 0 Å². The molecule has 1 aliphatic carbocycles. The van der Waals surface area contributed by atoms with Gasteiger partial charge in [0.2, 0.25) is 0 Å². The van der Waals surface area contributed by atoms with Crippen LogP contribution in [0.2, 0.25) is 0 Å². The van der Waals surface area contributed by atoms with Gasteiger partial charge in [-0.15, -0.1) is 0 Å². The van der Waals surface area contributed by atoms with Gasteiger partial charge >= 0.3 is 11.9 Å². The lowest BCUT2D eigenvalue weighted by molar-refractivity contribution is -0.158. The summed E-state index contributed by atoms with van der Waals surface area (Å²) >= 11 is 0. The van der Waals surface area contributed by atoms with E-state index in [0.717, 1.165) is 25.7 Å². The smallest absolute Gasteiger partial charge is 0.324 e. The molecule has 102 valence electrons. The fraction of sp³-hybridized carbons (Fsp3) is 0.714. The summed E-state index contributed by atoms with van der Waals surface area (Å²) in [6.07, 6.45) is 7.16. The Kier molecular flexibility index (Phi) is 6.47. The van der Waals surface area contributed by atoms with Crippen molar-refractivity contribution in [1.29, 1.82) is 0 Å². The largest absolute Gasteiger partial charge is 0.465 e. The van der Waals surface area contributed by atoms with E-state index in [1.807, 2.05) is 0 Å². The van der Waals surface area contributed by atoms with Crippen LogP contribution in [0, 0.1) is 5.92 Å². The maximum atomic E-state index is 11.8. The summed E-state index contributed by atoms with van der Waals surface area (Å²) in [4.78, 5) is 23.5. The van der Waals surface area contributed by atoms with Gasteiger partial charge in [0.05, 0.1) is 13.2 Å². The molecule has 0 aromatic rings. The second-order valence-corrected chi connectivity index (χ2v) is 4.37. The summed E-state index contributed by atoms with van der Waals surface area (Å²) < 4.78 is 9.86. The fourth-order valence-electron chi connectivity index (χ4n) is 2.10. The monoisotopic (exact) mass is 254 g/mol. The molecule has 0 amide bonds. The van der Waals surface area contributed by atoms with Gasteiger partial charge < -0.3 is 9.47 Å². The highest BCUT2D eigenvalue weighted by atomic mass is 16.6. The lowest BCUT2D eigenvalue weighted by Gasteiger charge is -2.16. The van der Waals surface area contributed by atoms with Crippen molar-refractivity contribution in [2.24, 2.45) is 5.92 Å². The molecule has 0 unspecified atom stereocenters. The molecule has 0 spiro atoms. The molecule has 1 aliphatic rings. The molecule has 0 radical (unpaired) electrons. The average molecular weight is 254 g/mol. The Hall–Kier alpha value is -1.32. The standard InChI is InChI=1S/C14H22O4/c1-3-17-13(15)12(14(16)18-4-2)10-11-8-6-5-7-9-11/h10,12H,3-9H2,1-2H3. The Bertz CT molecular complexity index is 294. The first-order chi connectivity index (χ1) is 8.69. The first kappa shape index (κ1) is 14.7. The van der Waals surface area contributed by atoms with Crippen LogP contribution in [0.5, 0.6) is 0 Å². The van der Waals surface area contributed by atoms with E-state index in [2.05, 4.69) is 0 Å². The topological polar surface area (TPSA) is 52.6 Å². The van der Waals surface area contributed by atoms with Crippen LogP contribution in [0.3, 0.4) is 0 Å². The molecule has 0 aromatic heterocycles. The first-order valence-electron chi connectivity index (χ1n) is 6.71. The minimum absolute atomic E-state index is 0.276. The van der Waals surface area contributed by atoms with Gasteiger partial charge in [-0.3, -0.25) is 9.59 Å². The highest BCUT2D eigenvalue weighted by Gasteiger charge is 2.28. The molecule has 0 bridgehead atoms. The van der Waals surface area contributed by atoms with Gasteiger partial charge in [-0.05, 0) is 39.5 Å². The summed E-state index contributed by atoms with van der Waals surface area (Å²) in [5.41, 5.74) is 1.17. The van der Waals surface area contributed by atoms with Crippen LogP contribution in [0.4, 0.5) is 0 Å². The Morgan fingerprint density at radius 1 is 1.06 bits per heavy atom. The van der Waals surface area contributed by atoms with Crippen LogP contribution in [-0.4, -0.2) is 25.2 Å². The average Bonchev–Trinajstić information content (AvgIpc) is 2.37. The van der Waals surface area contributed by atoms with Gasteiger partial charge in [0.1, 0.15) is 0 Å². The number of rotatable bonds is 5. The summed E-state index contributed by atoms with van der Waals surface area (Å²) in [5.74, 6) is -1.90. The van der Waals surface area contributed by atoms with Gasteiger partial charge in [-0.1, -0.05) is 18.1 Å². The van der Waals surface area contributed by atoms with Crippen LogP contribution >= 0.6 is 0 Å². The SMILES string of the molecule is CCOC(=O)C(C=C1CCCCC1)C(=O)OCC. The van der Waals surface area contributed by atoms with Crippen molar-refractivity contribution < 1.29 is 19.1 Å². The zero-order chi connectivity index (χ0) is 13.4. The van der Waals surface area contributed by atoms with Crippen LogP contribution in [0.1, 0.15) is 46.0 Å². The molecule has 0 atom stereocenters. The third kappa shape index (κ3) is 4.51. The van der Waals surface area contributed by atoms with E-state index in [1.165, 1.54) is 12.0 Å². The Balaban J connectivity index is 2.75. The minimum Gasteiger partial charge on any atom is -0.465 e. The number of allylic oxidation sites excluding steroid dienone is 1. The lowest BCUT2D eigenvalue weighted by Crippen LogP contribution is -2.27. The Morgan fingerprint density at radius 2 is 1.56 bits per heavy atom. The summed E-state index contributed by atoms with van der Waals surface area (Å²) in [7, 11) is 0. The molecule has 1 fully saturated rings. The lowest BCUT2D eigenvalue weighted by atomic mass is 9.92. The Labute approximate surface area is 108 Å². The number of hydrogen-bond donors (Lipinski definition) is 0. The van der Waals surface area contributed by atoms with Gasteiger partial charge in [0.25, 0.3) is 0 Å². The fourth-order valence-corrected chi connectivity index (χ4v) is 2.10. The van der Waals surface area contributed by atoms with Gasteiger partial charge in [-0.25, -0.2) is 0 Å². The van der Waals surface area contributed by atoms with Crippen molar-refractivity contribution in [2.75, 3.05) is 13.2 Å². The molecule has 1 rings (SSSR count). The predicted octanol–water partition coefficient (Wildman–Crippen LogP) is 2.62. The van der Waals surface area contributed by atoms with Gasteiger partial charge in [0, 0.05) is 0 Å². The molecule has 0 saturated heterocycles. The number of hydrogen-bond acceptors (Lipinski definition) is 4. The molecule has 0 N–H and O–H groups in total. The molecular formula is C14H22O4. The van der Waals surface area contributed by atoms with E-state index in [4.69, 9.17) is 9.47 Å². The van der Waals surface area contributed by atoms with Gasteiger partial charge in [0.15, 0.2) is 5.92 Å². The normalized spacial score (nSPS) is 15.4. The summed E-state index contributed by atoms with van der Waals surface area (Å²) in [6.45, 7) is 4.01. The third-order valence-corrected chi connectivity index (χ3v) is 2.98. The molecule has 4 nitrogen and oxygen atoms in total. The van der Waals surface area contributed by atoms with E-state index in [9.17, 15) is 9.59 Å². The van der Waals surface area contributed by atoms with Crippen molar-refractivity contribution in [1.82, 2.24) is 0 Å². The minimum atomic E-state index is -0.891. The zero-order valence-corrected chi connectivity index (χ0v) is 11.2. The van der Waals surface area contributed by atoms with E-state index in [0.29, 0.717) is 0 Å². The van der Waals surface area contributed by atoms with E-state index in [-0.39, 0.29) is 13.2 Å². The highest BCUT2D eigenvalue weighted by Crippen LogP contribution is 2.24. The van der Waals surface area contributed by atoms with Crippen molar-refractivity contribution in [3.05, 3.63) is 11.6 Å². The second kappa shape index (κ2) is 7.90. The van der Waals surface area contributed by atoms with E-state index >= 15 is 0 Å². The van der Waals surface area contributed by atoms with E-state index in [1.54, 1.807) is 19.9 Å². The molecule has 0 aliphatic heterocycles. The maximum absolute atomic E-state index is 11.8. The van der Waals surface area contributed by atoms with E-state index < -0.39 is 17.9 Å². The van der Waals surface area contributed by atoms with Crippen molar-refractivity contribution in [3.63, 3.8) is 0 Å². The first-order valence-corrected chi connectivity index (χ1v) is 6.71. The molecule has 0 heterocycles. The molecule has 4 heteroatoms. The Morgan fingerprint density at radius 3 is 2.00 bits per heavy atom. The molecule has 0 aromatic carbocycles. The van der Waals surface area contributed by atoms with Crippen LogP contribution in [-0.2, 0) is 19.1 Å². The number of carbonyl (C=O) groups is 2. The third-order valence-electron chi connectivity index (χ3n) is 2.98. The quantitative estimate of drug-likeness (QED) is 0.430. The number of carbonyl (C=O) groups excluding carboxylic acids is 2. The molecular weight excluding hydrogens is 232 g/mol. The zero-order valence-electron chi connectivity index (χ0n) is 11.2. The summed E-state index contributed by atoms with van der Waals surface area (Å²) in [5, 5.41) is 0. The van der Waals surface area contributed by atoms with Crippen molar-refractivity contribution >= 4 is 11.9 Å². The number of esters is 2. The number of ether oxygens (including phenoxy) is 2. The van der Waals surface area contributed by atoms with Crippen molar-refractivity contribution in [2.45, 2.75) is 46.0 Å². The highest BCUT2D eigenvalue weighted by molar-refractivity contribution is 5.97. The van der Waals surface area contributed by atoms with Crippen molar-refractivity contribution in [3.8, 4) is 0 Å². The second-order valence-electron chi connectivity index (χ2n) is 4.37. The molecule has 1 saturated carbocycles. The van der Waals surface area contributed by atoms with Gasteiger partial charge in [-0.2, -0.15) is 0 Å². The predicted molar refractivity (Wildman–Crippen MR) is 67.9 cm³/mol. The molecule has 18 heavy (non-hydrogen) atoms. The van der Waals surface area contributed by atoms with Crippen LogP contribution in [0.15, 0.2) is 11.6 Å². The maximum Gasteiger partial charge on any atom is 0.324 e.